The van der Waals surface area contributed by atoms with Crippen LogP contribution in [0.4, 0.5) is 0 Å². The number of rotatable bonds is 49. The first kappa shape index (κ1) is 57.6. The minimum absolute atomic E-state index is 0.0717. The van der Waals surface area contributed by atoms with E-state index >= 15 is 0 Å². The number of hydrogen-bond acceptors (Lipinski definition) is 3. The summed E-state index contributed by atoms with van der Waals surface area (Å²) in [5, 5.41) is 22.9. The van der Waals surface area contributed by atoms with Crippen molar-refractivity contribution in [3.05, 3.63) is 36.5 Å². The highest BCUT2D eigenvalue weighted by molar-refractivity contribution is 5.76. The molecule has 4 nitrogen and oxygen atoms in total. The van der Waals surface area contributed by atoms with Crippen molar-refractivity contribution >= 4 is 5.91 Å². The largest absolute Gasteiger partial charge is 0.394 e. The van der Waals surface area contributed by atoms with Crippen LogP contribution in [0.3, 0.4) is 0 Å². The highest BCUT2D eigenvalue weighted by Crippen LogP contribution is 2.17. The molecule has 2 unspecified atom stereocenters. The monoisotopic (exact) mass is 828 g/mol. The molecule has 0 aliphatic rings. The molecule has 0 fully saturated rings. The summed E-state index contributed by atoms with van der Waals surface area (Å²) in [6, 6.07) is -0.635. The van der Waals surface area contributed by atoms with E-state index in [9.17, 15) is 15.0 Å². The molecule has 3 N–H and O–H groups in total. The van der Waals surface area contributed by atoms with E-state index in [-0.39, 0.29) is 12.5 Å². The van der Waals surface area contributed by atoms with Gasteiger partial charge in [0.2, 0.25) is 5.91 Å². The van der Waals surface area contributed by atoms with Crippen LogP contribution >= 0.6 is 0 Å². The Morgan fingerprint density at radius 2 is 0.661 bits per heavy atom. The van der Waals surface area contributed by atoms with Crippen LogP contribution in [0.15, 0.2) is 36.5 Å². The molecule has 0 aromatic rings. The van der Waals surface area contributed by atoms with Crippen molar-refractivity contribution in [2.24, 2.45) is 0 Å². The van der Waals surface area contributed by atoms with Crippen LogP contribution in [-0.2, 0) is 4.79 Å². The van der Waals surface area contributed by atoms with Crippen molar-refractivity contribution in [1.29, 1.82) is 0 Å². The number of nitrogens with one attached hydrogen (secondary N) is 1. The molecule has 0 radical (unpaired) electrons. The zero-order valence-corrected chi connectivity index (χ0v) is 40.0. The zero-order valence-electron chi connectivity index (χ0n) is 40.0. The topological polar surface area (TPSA) is 69.6 Å². The van der Waals surface area contributed by atoms with Gasteiger partial charge in [-0.05, 0) is 57.8 Å². The predicted octanol–water partition coefficient (Wildman–Crippen LogP) is 17.3. The van der Waals surface area contributed by atoms with Gasteiger partial charge < -0.3 is 15.5 Å². The minimum Gasteiger partial charge on any atom is -0.394 e. The molecule has 0 saturated carbocycles. The molecule has 0 aromatic heterocycles. The normalized spacial score (nSPS) is 13.1. The van der Waals surface area contributed by atoms with E-state index < -0.39 is 12.1 Å². The molecule has 4 heteroatoms. The lowest BCUT2D eigenvalue weighted by atomic mass is 10.0. The van der Waals surface area contributed by atoms with Gasteiger partial charge in [-0.25, -0.2) is 0 Å². The van der Waals surface area contributed by atoms with E-state index in [4.69, 9.17) is 0 Å². The van der Waals surface area contributed by atoms with Crippen LogP contribution in [0.1, 0.15) is 290 Å². The summed E-state index contributed by atoms with van der Waals surface area (Å²) in [5.74, 6) is -0.0717. The molecule has 0 bridgehead atoms. The molecular weight excluding hydrogens is 723 g/mol. The average Bonchev–Trinajstić information content (AvgIpc) is 3.24. The average molecular weight is 828 g/mol. The van der Waals surface area contributed by atoms with Gasteiger partial charge in [0.05, 0.1) is 18.8 Å². The summed E-state index contributed by atoms with van der Waals surface area (Å²) in [6.07, 6.45) is 69.0. The number of carbonyl (C=O) groups is 1. The van der Waals surface area contributed by atoms with Gasteiger partial charge in [-0.1, -0.05) is 262 Å². The van der Waals surface area contributed by atoms with Crippen LogP contribution in [0.25, 0.3) is 0 Å². The van der Waals surface area contributed by atoms with Crippen molar-refractivity contribution in [1.82, 2.24) is 5.32 Å². The third-order valence-corrected chi connectivity index (χ3v) is 12.3. The van der Waals surface area contributed by atoms with E-state index in [0.717, 1.165) is 32.1 Å². The van der Waals surface area contributed by atoms with Crippen LogP contribution < -0.4 is 5.32 Å². The molecule has 0 spiro atoms. The molecule has 0 heterocycles. The Labute approximate surface area is 370 Å². The second kappa shape index (κ2) is 51.0. The first-order chi connectivity index (χ1) is 29.2. The number of amides is 1. The number of carbonyl (C=O) groups excluding carboxylic acids is 1. The summed E-state index contributed by atoms with van der Waals surface area (Å²) in [4.78, 5) is 12.4. The first-order valence-electron chi connectivity index (χ1n) is 26.7. The van der Waals surface area contributed by atoms with E-state index in [1.807, 2.05) is 6.08 Å². The van der Waals surface area contributed by atoms with Crippen molar-refractivity contribution < 1.29 is 15.0 Å². The van der Waals surface area contributed by atoms with Gasteiger partial charge in [-0.2, -0.15) is 0 Å². The van der Waals surface area contributed by atoms with Crippen molar-refractivity contribution in [2.45, 2.75) is 302 Å². The molecule has 0 aliphatic heterocycles. The van der Waals surface area contributed by atoms with Crippen LogP contribution in [0.5, 0.6) is 0 Å². The van der Waals surface area contributed by atoms with Crippen LogP contribution in [0, 0.1) is 0 Å². The third kappa shape index (κ3) is 47.5. The molecular formula is C55H105NO3. The fourth-order valence-corrected chi connectivity index (χ4v) is 8.25. The maximum absolute atomic E-state index is 12.4. The first-order valence-corrected chi connectivity index (χ1v) is 26.7. The molecule has 348 valence electrons. The third-order valence-electron chi connectivity index (χ3n) is 12.3. The zero-order chi connectivity index (χ0) is 42.8. The molecule has 0 aromatic carbocycles. The Morgan fingerprint density at radius 3 is 1.00 bits per heavy atom. The van der Waals surface area contributed by atoms with E-state index in [1.165, 1.54) is 238 Å². The number of hydrogen-bond donors (Lipinski definition) is 3. The summed E-state index contributed by atoms with van der Waals surface area (Å²) in [6.45, 7) is 4.27. The molecule has 0 saturated heterocycles. The highest BCUT2D eigenvalue weighted by atomic mass is 16.3. The molecule has 1 amide bonds. The number of unbranched alkanes of at least 4 members (excludes halogenated alkanes) is 38. The Morgan fingerprint density at radius 1 is 0.390 bits per heavy atom. The van der Waals surface area contributed by atoms with Gasteiger partial charge in [0.1, 0.15) is 0 Å². The highest BCUT2D eigenvalue weighted by Gasteiger charge is 2.17. The van der Waals surface area contributed by atoms with E-state index in [0.29, 0.717) is 6.42 Å². The molecule has 2 atom stereocenters. The second-order valence-corrected chi connectivity index (χ2v) is 18.3. The number of allylic oxidation sites excluding steroid dienone is 5. The predicted molar refractivity (Wildman–Crippen MR) is 262 cm³/mol. The fraction of sp³-hybridized carbons (Fsp3) is 0.873. The van der Waals surface area contributed by atoms with Gasteiger partial charge >= 0.3 is 0 Å². The fourth-order valence-electron chi connectivity index (χ4n) is 8.25. The lowest BCUT2D eigenvalue weighted by Crippen LogP contribution is -2.45. The van der Waals surface area contributed by atoms with Crippen molar-refractivity contribution in [3.8, 4) is 0 Å². The van der Waals surface area contributed by atoms with Crippen molar-refractivity contribution in [2.75, 3.05) is 6.61 Å². The van der Waals surface area contributed by atoms with Gasteiger partial charge in [-0.15, -0.1) is 0 Å². The number of aliphatic hydroxyl groups excluding tert-OH is 2. The summed E-state index contributed by atoms with van der Waals surface area (Å²) >= 11 is 0. The Hall–Kier alpha value is -1.39. The smallest absolute Gasteiger partial charge is 0.220 e. The van der Waals surface area contributed by atoms with Gasteiger partial charge in [0, 0.05) is 6.42 Å². The Kier molecular flexibility index (Phi) is 49.8. The SMILES string of the molecule is CCCCCC/C=C/CC/C=C/C(O)C(CO)NC(=O)CCCCCCCCCCCCCCCCCCCCCCCCCCC/C=C\CCCCCCCCCC. The standard InChI is InChI=1S/C55H105NO3/c1-3-5-7-9-11-13-15-16-17-18-19-20-21-22-23-24-25-26-27-28-29-30-31-32-33-34-35-36-37-38-39-40-41-43-45-47-49-51-55(59)56-53(52-57)54(58)50-48-46-44-42-14-12-10-8-6-4-2/h14,18-19,42,48,50,53-54,57-58H,3-13,15-17,20-41,43-47,49,51-52H2,1-2H3,(H,56,59)/b19-18-,42-14+,50-48+. The maximum atomic E-state index is 12.4. The Bertz CT molecular complexity index is 897. The van der Waals surface area contributed by atoms with E-state index in [1.54, 1.807) is 6.08 Å². The lowest BCUT2D eigenvalue weighted by Gasteiger charge is -2.19. The molecule has 0 rings (SSSR count). The summed E-state index contributed by atoms with van der Waals surface area (Å²) < 4.78 is 0. The lowest BCUT2D eigenvalue weighted by molar-refractivity contribution is -0.123. The summed E-state index contributed by atoms with van der Waals surface area (Å²) in [5.41, 5.74) is 0. The molecule has 0 aliphatic carbocycles. The number of aliphatic hydroxyl groups is 2. The van der Waals surface area contributed by atoms with Gasteiger partial charge in [0.15, 0.2) is 0 Å². The van der Waals surface area contributed by atoms with Gasteiger partial charge in [-0.3, -0.25) is 4.79 Å². The second-order valence-electron chi connectivity index (χ2n) is 18.3. The minimum atomic E-state index is -0.858. The quantitative estimate of drug-likeness (QED) is 0.0423. The van der Waals surface area contributed by atoms with Crippen LogP contribution in [-0.4, -0.2) is 34.9 Å². The molecule has 59 heavy (non-hydrogen) atoms. The van der Waals surface area contributed by atoms with Gasteiger partial charge in [0.25, 0.3) is 0 Å². The van der Waals surface area contributed by atoms with E-state index in [2.05, 4.69) is 43.5 Å². The van der Waals surface area contributed by atoms with Crippen molar-refractivity contribution in [3.63, 3.8) is 0 Å². The van der Waals surface area contributed by atoms with Crippen LogP contribution in [0.2, 0.25) is 0 Å². The maximum Gasteiger partial charge on any atom is 0.220 e. The Balaban J connectivity index is 3.36. The summed E-state index contributed by atoms with van der Waals surface area (Å²) in [7, 11) is 0.